The molecule has 0 fully saturated rings. The Morgan fingerprint density at radius 3 is 2.52 bits per heavy atom. The number of benzene rings is 2. The van der Waals surface area contributed by atoms with Gasteiger partial charge in [0.25, 0.3) is 0 Å². The maximum atomic E-state index is 12.9. The van der Waals surface area contributed by atoms with Crippen LogP contribution >= 0.6 is 0 Å². The molecule has 0 spiro atoms. The zero-order valence-electron chi connectivity index (χ0n) is 15.0. The molecule has 0 amide bonds. The first-order valence-corrected chi connectivity index (χ1v) is 9.99. The molecule has 0 saturated heterocycles. The molecule has 0 bridgehead atoms. The lowest BCUT2D eigenvalue weighted by molar-refractivity contribution is 0.340. The van der Waals surface area contributed by atoms with Crippen molar-refractivity contribution in [3.8, 4) is 11.4 Å². The number of rotatable bonds is 7. The van der Waals surface area contributed by atoms with Crippen LogP contribution in [0.3, 0.4) is 0 Å². The molecule has 1 N–H and O–H groups in total. The van der Waals surface area contributed by atoms with Crippen molar-refractivity contribution in [1.29, 1.82) is 0 Å². The zero-order chi connectivity index (χ0) is 19.4. The molecule has 27 heavy (non-hydrogen) atoms. The third-order valence-electron chi connectivity index (χ3n) is 3.81. The highest BCUT2D eigenvalue weighted by Gasteiger charge is 2.15. The van der Waals surface area contributed by atoms with Gasteiger partial charge in [-0.1, -0.05) is 6.07 Å². The van der Waals surface area contributed by atoms with Gasteiger partial charge in [0, 0.05) is 6.20 Å². The van der Waals surface area contributed by atoms with Gasteiger partial charge >= 0.3 is 0 Å². The molecule has 0 aliphatic carbocycles. The van der Waals surface area contributed by atoms with Crippen LogP contribution in [-0.2, 0) is 10.0 Å². The van der Waals surface area contributed by atoms with Gasteiger partial charge in [0.2, 0.25) is 10.0 Å². The number of sulfonamides is 1. The van der Waals surface area contributed by atoms with Crippen LogP contribution in [0.15, 0.2) is 54.9 Å². The molecule has 0 saturated carbocycles. The predicted octanol–water partition coefficient (Wildman–Crippen LogP) is 3.45. The summed E-state index contributed by atoms with van der Waals surface area (Å²) >= 11 is 0. The molecular formula is C19H20FN3O3S. The second-order valence-electron chi connectivity index (χ2n) is 6.21. The van der Waals surface area contributed by atoms with Gasteiger partial charge < -0.3 is 4.74 Å². The summed E-state index contributed by atoms with van der Waals surface area (Å²) in [5, 5.41) is 4.24. The number of ether oxygens (including phenoxy) is 1. The molecule has 3 rings (SSSR count). The summed E-state index contributed by atoms with van der Waals surface area (Å²) in [5.74, 6) is -0.206. The largest absolute Gasteiger partial charge is 0.492 e. The molecule has 142 valence electrons. The summed E-state index contributed by atoms with van der Waals surface area (Å²) in [6.45, 7) is 3.74. The highest BCUT2D eigenvalue weighted by molar-refractivity contribution is 7.92. The summed E-state index contributed by atoms with van der Waals surface area (Å²) in [5.41, 5.74) is 2.97. The lowest BCUT2D eigenvalue weighted by atomic mass is 10.2. The first-order valence-electron chi connectivity index (χ1n) is 8.33. The average molecular weight is 389 g/mol. The first kappa shape index (κ1) is 18.9. The molecule has 0 aliphatic rings. The number of halogens is 1. The molecule has 0 radical (unpaired) electrons. The van der Waals surface area contributed by atoms with Gasteiger partial charge in [0.15, 0.2) is 0 Å². The van der Waals surface area contributed by atoms with Crippen molar-refractivity contribution in [3.05, 3.63) is 71.8 Å². The number of anilines is 1. The third kappa shape index (κ3) is 5.07. The molecule has 0 aliphatic heterocycles. The van der Waals surface area contributed by atoms with Crippen LogP contribution in [0.4, 0.5) is 10.1 Å². The minimum absolute atomic E-state index is 0.0526. The number of aromatic nitrogens is 2. The number of nitrogens with zero attached hydrogens (tertiary/aromatic N) is 2. The van der Waals surface area contributed by atoms with E-state index in [0.717, 1.165) is 11.1 Å². The van der Waals surface area contributed by atoms with E-state index in [1.54, 1.807) is 16.9 Å². The first-order chi connectivity index (χ1) is 12.8. The number of hydrogen-bond donors (Lipinski definition) is 1. The van der Waals surface area contributed by atoms with Gasteiger partial charge in [-0.15, -0.1) is 0 Å². The van der Waals surface area contributed by atoms with E-state index >= 15 is 0 Å². The van der Waals surface area contributed by atoms with Gasteiger partial charge in [0.1, 0.15) is 23.9 Å². The molecular weight excluding hydrogens is 369 g/mol. The third-order valence-corrected chi connectivity index (χ3v) is 5.05. The van der Waals surface area contributed by atoms with Crippen molar-refractivity contribution >= 4 is 15.7 Å². The Hall–Kier alpha value is -2.87. The van der Waals surface area contributed by atoms with E-state index in [9.17, 15) is 12.8 Å². The van der Waals surface area contributed by atoms with Gasteiger partial charge in [-0.25, -0.2) is 17.5 Å². The monoisotopic (exact) mass is 389 g/mol. The Kier molecular flexibility index (Phi) is 5.46. The van der Waals surface area contributed by atoms with Crippen molar-refractivity contribution in [2.24, 2.45) is 0 Å². The lowest BCUT2D eigenvalue weighted by Crippen LogP contribution is -2.22. The molecule has 2 aromatic carbocycles. The van der Waals surface area contributed by atoms with Gasteiger partial charge in [-0.3, -0.25) is 4.72 Å². The second-order valence-corrected chi connectivity index (χ2v) is 8.05. The highest BCUT2D eigenvalue weighted by atomic mass is 32.2. The number of nitrogens with one attached hydrogen (secondary N) is 1. The molecule has 1 heterocycles. The topological polar surface area (TPSA) is 73.2 Å². The Bertz CT molecular complexity index is 1030. The van der Waals surface area contributed by atoms with Crippen LogP contribution in [0.2, 0.25) is 0 Å². The molecule has 8 heteroatoms. The van der Waals surface area contributed by atoms with E-state index in [1.807, 2.05) is 32.2 Å². The van der Waals surface area contributed by atoms with E-state index in [4.69, 9.17) is 4.74 Å². The Labute approximate surface area is 157 Å². The Morgan fingerprint density at radius 2 is 1.85 bits per heavy atom. The molecule has 3 aromatic rings. The Morgan fingerprint density at radius 1 is 1.11 bits per heavy atom. The minimum Gasteiger partial charge on any atom is -0.492 e. The normalized spacial score (nSPS) is 11.4. The van der Waals surface area contributed by atoms with Crippen molar-refractivity contribution in [2.45, 2.75) is 13.8 Å². The van der Waals surface area contributed by atoms with Gasteiger partial charge in [-0.2, -0.15) is 5.10 Å². The number of hydrogen-bond acceptors (Lipinski definition) is 4. The van der Waals surface area contributed by atoms with Crippen LogP contribution < -0.4 is 9.46 Å². The van der Waals surface area contributed by atoms with E-state index < -0.39 is 10.0 Å². The summed E-state index contributed by atoms with van der Waals surface area (Å²) in [4.78, 5) is 0. The van der Waals surface area contributed by atoms with E-state index in [0.29, 0.717) is 17.1 Å². The fraction of sp³-hybridized carbons (Fsp3) is 0.211. The molecule has 6 nitrogen and oxygen atoms in total. The van der Waals surface area contributed by atoms with Crippen LogP contribution in [0, 0.1) is 19.7 Å². The molecule has 1 aromatic heterocycles. The summed E-state index contributed by atoms with van der Waals surface area (Å²) < 4.78 is 47.4. The van der Waals surface area contributed by atoms with Crippen LogP contribution in [0.1, 0.15) is 11.1 Å². The van der Waals surface area contributed by atoms with Crippen molar-refractivity contribution in [2.75, 3.05) is 17.1 Å². The maximum absolute atomic E-state index is 12.9. The number of aryl methyl sites for hydroxylation is 2. The van der Waals surface area contributed by atoms with Crippen molar-refractivity contribution < 1.29 is 17.5 Å². The van der Waals surface area contributed by atoms with Gasteiger partial charge in [-0.05, 0) is 61.4 Å². The maximum Gasteiger partial charge on any atom is 0.236 e. The van der Waals surface area contributed by atoms with Crippen molar-refractivity contribution in [3.63, 3.8) is 0 Å². The summed E-state index contributed by atoms with van der Waals surface area (Å²) in [6.07, 6.45) is 3.52. The van der Waals surface area contributed by atoms with Crippen LogP contribution in [0.25, 0.3) is 5.69 Å². The van der Waals surface area contributed by atoms with E-state index in [-0.39, 0.29) is 18.2 Å². The van der Waals surface area contributed by atoms with Crippen LogP contribution in [-0.4, -0.2) is 30.6 Å². The second kappa shape index (κ2) is 7.79. The summed E-state index contributed by atoms with van der Waals surface area (Å²) in [7, 11) is -3.64. The fourth-order valence-electron chi connectivity index (χ4n) is 2.49. The van der Waals surface area contributed by atoms with Gasteiger partial charge in [0.05, 0.1) is 17.6 Å². The molecule has 0 unspecified atom stereocenters. The van der Waals surface area contributed by atoms with E-state index in [2.05, 4.69) is 9.82 Å². The predicted molar refractivity (Wildman–Crippen MR) is 102 cm³/mol. The Balaban J connectivity index is 1.71. The minimum atomic E-state index is -3.64. The SMILES string of the molecule is Cc1ccc(-n2cc(C)cn2)c(NS(=O)(=O)CCOc2ccc(F)cc2)c1. The lowest BCUT2D eigenvalue weighted by Gasteiger charge is -2.14. The summed E-state index contributed by atoms with van der Waals surface area (Å²) in [6, 6.07) is 10.9. The van der Waals surface area contributed by atoms with E-state index in [1.165, 1.54) is 24.3 Å². The van der Waals surface area contributed by atoms with Crippen LogP contribution in [0.5, 0.6) is 5.75 Å². The fourth-order valence-corrected chi connectivity index (χ4v) is 3.40. The standard InChI is InChI=1S/C19H20FN3O3S/c1-14-3-8-19(23-13-15(2)12-21-23)18(11-14)22-27(24,25)10-9-26-17-6-4-16(20)5-7-17/h3-8,11-13,22H,9-10H2,1-2H3. The zero-order valence-corrected chi connectivity index (χ0v) is 15.8. The highest BCUT2D eigenvalue weighted by Crippen LogP contribution is 2.23. The smallest absolute Gasteiger partial charge is 0.236 e. The van der Waals surface area contributed by atoms with Crippen molar-refractivity contribution in [1.82, 2.24) is 9.78 Å². The quantitative estimate of drug-likeness (QED) is 0.672. The average Bonchev–Trinajstić information content (AvgIpc) is 3.02. The molecule has 0 atom stereocenters.